The molecule has 3 unspecified atom stereocenters. The van der Waals surface area contributed by atoms with E-state index in [1.54, 1.807) is 0 Å². The van der Waals surface area contributed by atoms with Crippen molar-refractivity contribution < 1.29 is 14.7 Å². The van der Waals surface area contributed by atoms with Gasteiger partial charge in [-0.3, -0.25) is 4.84 Å². The van der Waals surface area contributed by atoms with Crippen molar-refractivity contribution in [1.82, 2.24) is 5.06 Å². The predicted molar refractivity (Wildman–Crippen MR) is 61.0 cm³/mol. The Bertz CT molecular complexity index is 218. The van der Waals surface area contributed by atoms with Crippen LogP contribution in [0.1, 0.15) is 39.5 Å². The summed E-state index contributed by atoms with van der Waals surface area (Å²) in [6.45, 7) is 6.40. The molecule has 16 heavy (non-hydrogen) atoms. The maximum atomic E-state index is 10.2. The molecular weight excluding hydrogens is 206 g/mol. The Labute approximate surface area is 97.5 Å². The lowest BCUT2D eigenvalue weighted by atomic mass is 9.91. The molecule has 2 aliphatic rings. The zero-order valence-electron chi connectivity index (χ0n) is 10.3. The number of hydroxylamine groups is 2. The Morgan fingerprint density at radius 2 is 2.31 bits per heavy atom. The molecule has 0 aromatic rings. The normalized spacial score (nSPS) is 34.7. The van der Waals surface area contributed by atoms with Crippen LogP contribution in [0.15, 0.2) is 0 Å². The molecule has 0 amide bonds. The van der Waals surface area contributed by atoms with Crippen LogP contribution in [0.25, 0.3) is 0 Å². The molecule has 2 rings (SSSR count). The lowest BCUT2D eigenvalue weighted by molar-refractivity contribution is -0.203. The van der Waals surface area contributed by atoms with Crippen LogP contribution in [-0.2, 0) is 9.57 Å². The Hall–Kier alpha value is -0.160. The predicted octanol–water partition coefficient (Wildman–Crippen LogP) is 1.33. The summed E-state index contributed by atoms with van der Waals surface area (Å²) in [5.41, 5.74) is -0.588. The van der Waals surface area contributed by atoms with Crippen molar-refractivity contribution in [2.75, 3.05) is 19.8 Å². The second-order valence-electron chi connectivity index (χ2n) is 5.28. The molecule has 2 aliphatic heterocycles. The number of rotatable bonds is 4. The van der Waals surface area contributed by atoms with E-state index >= 15 is 0 Å². The van der Waals surface area contributed by atoms with Crippen LogP contribution in [0, 0.1) is 0 Å². The standard InChI is InChI=1S/C12H23NO3/c1-3-4-12(2,14)8-11-7-10-9-15-6-5-13(10)16-11/h10-11,14H,3-9H2,1-2H3. The molecule has 0 radical (unpaired) electrons. The average molecular weight is 229 g/mol. The number of hydrogen-bond donors (Lipinski definition) is 1. The maximum absolute atomic E-state index is 10.2. The fraction of sp³-hybridized carbons (Fsp3) is 1.00. The highest BCUT2D eigenvalue weighted by Gasteiger charge is 2.38. The van der Waals surface area contributed by atoms with Gasteiger partial charge in [0.05, 0.1) is 31.0 Å². The van der Waals surface area contributed by atoms with Crippen molar-refractivity contribution in [2.24, 2.45) is 0 Å². The van der Waals surface area contributed by atoms with Crippen molar-refractivity contribution >= 4 is 0 Å². The van der Waals surface area contributed by atoms with E-state index in [1.165, 1.54) is 0 Å². The number of ether oxygens (including phenoxy) is 1. The van der Waals surface area contributed by atoms with Gasteiger partial charge >= 0.3 is 0 Å². The second-order valence-corrected chi connectivity index (χ2v) is 5.28. The maximum Gasteiger partial charge on any atom is 0.0837 e. The molecule has 0 aromatic carbocycles. The fourth-order valence-electron chi connectivity index (χ4n) is 2.75. The molecule has 0 saturated carbocycles. The smallest absolute Gasteiger partial charge is 0.0837 e. The first-order valence-electron chi connectivity index (χ1n) is 6.34. The molecule has 4 heteroatoms. The molecule has 2 heterocycles. The van der Waals surface area contributed by atoms with E-state index in [9.17, 15) is 5.11 Å². The van der Waals surface area contributed by atoms with Crippen molar-refractivity contribution in [3.8, 4) is 0 Å². The largest absolute Gasteiger partial charge is 0.390 e. The van der Waals surface area contributed by atoms with Crippen LogP contribution < -0.4 is 0 Å². The first-order chi connectivity index (χ1) is 7.61. The van der Waals surface area contributed by atoms with E-state index in [0.717, 1.165) is 45.4 Å². The molecule has 0 aliphatic carbocycles. The first kappa shape index (κ1) is 12.3. The fourth-order valence-corrected chi connectivity index (χ4v) is 2.75. The summed E-state index contributed by atoms with van der Waals surface area (Å²) >= 11 is 0. The molecule has 0 aromatic heterocycles. The monoisotopic (exact) mass is 229 g/mol. The van der Waals surface area contributed by atoms with Gasteiger partial charge in [0.15, 0.2) is 0 Å². The molecule has 3 atom stereocenters. The van der Waals surface area contributed by atoms with Gasteiger partial charge in [0, 0.05) is 13.0 Å². The van der Waals surface area contributed by atoms with Crippen LogP contribution in [0.3, 0.4) is 0 Å². The highest BCUT2D eigenvalue weighted by atomic mass is 16.7. The number of fused-ring (bicyclic) bond motifs is 1. The van der Waals surface area contributed by atoms with Crippen LogP contribution in [0.4, 0.5) is 0 Å². The molecule has 0 bridgehead atoms. The molecule has 4 nitrogen and oxygen atoms in total. The summed E-state index contributed by atoms with van der Waals surface area (Å²) in [5.74, 6) is 0. The summed E-state index contributed by atoms with van der Waals surface area (Å²) in [6.07, 6.45) is 3.73. The second kappa shape index (κ2) is 5.00. The number of nitrogens with zero attached hydrogens (tertiary/aromatic N) is 1. The highest BCUT2D eigenvalue weighted by molar-refractivity contribution is 4.85. The Morgan fingerprint density at radius 3 is 3.00 bits per heavy atom. The minimum Gasteiger partial charge on any atom is -0.390 e. The Balaban J connectivity index is 1.83. The van der Waals surface area contributed by atoms with E-state index < -0.39 is 5.60 Å². The van der Waals surface area contributed by atoms with Crippen LogP contribution in [0.2, 0.25) is 0 Å². The van der Waals surface area contributed by atoms with E-state index in [-0.39, 0.29) is 6.10 Å². The minimum atomic E-state index is -0.588. The molecular formula is C12H23NO3. The molecule has 1 N–H and O–H groups in total. The van der Waals surface area contributed by atoms with E-state index in [0.29, 0.717) is 6.04 Å². The van der Waals surface area contributed by atoms with Crippen LogP contribution >= 0.6 is 0 Å². The lowest BCUT2D eigenvalue weighted by Gasteiger charge is -2.28. The summed E-state index contributed by atoms with van der Waals surface area (Å²) in [7, 11) is 0. The third-order valence-corrected chi connectivity index (χ3v) is 3.45. The molecule has 94 valence electrons. The van der Waals surface area contributed by atoms with E-state index in [4.69, 9.17) is 9.57 Å². The van der Waals surface area contributed by atoms with Gasteiger partial charge < -0.3 is 9.84 Å². The summed E-state index contributed by atoms with van der Waals surface area (Å²) in [5, 5.41) is 12.2. The van der Waals surface area contributed by atoms with Crippen molar-refractivity contribution in [3.63, 3.8) is 0 Å². The van der Waals surface area contributed by atoms with Gasteiger partial charge in [-0.2, -0.15) is 5.06 Å². The van der Waals surface area contributed by atoms with Crippen molar-refractivity contribution in [2.45, 2.75) is 57.3 Å². The highest BCUT2D eigenvalue weighted by Crippen LogP contribution is 2.30. The quantitative estimate of drug-likeness (QED) is 0.789. The summed E-state index contributed by atoms with van der Waals surface area (Å²) in [4.78, 5) is 5.84. The third kappa shape index (κ3) is 2.94. The van der Waals surface area contributed by atoms with Crippen LogP contribution in [0.5, 0.6) is 0 Å². The van der Waals surface area contributed by atoms with Gasteiger partial charge in [-0.25, -0.2) is 0 Å². The zero-order valence-corrected chi connectivity index (χ0v) is 10.3. The molecule has 2 saturated heterocycles. The topological polar surface area (TPSA) is 41.9 Å². The van der Waals surface area contributed by atoms with Gasteiger partial charge in [0.25, 0.3) is 0 Å². The van der Waals surface area contributed by atoms with E-state index in [1.807, 2.05) is 12.0 Å². The van der Waals surface area contributed by atoms with Gasteiger partial charge in [-0.05, 0) is 19.8 Å². The summed E-state index contributed by atoms with van der Waals surface area (Å²) < 4.78 is 5.43. The third-order valence-electron chi connectivity index (χ3n) is 3.45. The van der Waals surface area contributed by atoms with Gasteiger partial charge in [-0.15, -0.1) is 0 Å². The van der Waals surface area contributed by atoms with Crippen molar-refractivity contribution in [3.05, 3.63) is 0 Å². The number of hydrogen-bond acceptors (Lipinski definition) is 4. The van der Waals surface area contributed by atoms with Gasteiger partial charge in [0.1, 0.15) is 0 Å². The average Bonchev–Trinajstić information content (AvgIpc) is 2.58. The number of aliphatic hydroxyl groups is 1. The Kier molecular flexibility index (Phi) is 3.85. The van der Waals surface area contributed by atoms with Crippen molar-refractivity contribution in [1.29, 1.82) is 0 Å². The SMILES string of the molecule is CCCC(C)(O)CC1CC2COCCN2O1. The minimum absolute atomic E-state index is 0.160. The lowest BCUT2D eigenvalue weighted by Crippen LogP contribution is -2.40. The molecule has 0 spiro atoms. The van der Waals surface area contributed by atoms with Gasteiger partial charge in [-0.1, -0.05) is 13.3 Å². The zero-order chi connectivity index (χ0) is 11.6. The van der Waals surface area contributed by atoms with Gasteiger partial charge in [0.2, 0.25) is 0 Å². The van der Waals surface area contributed by atoms with E-state index in [2.05, 4.69) is 6.92 Å². The Morgan fingerprint density at radius 1 is 1.50 bits per heavy atom. The first-order valence-corrected chi connectivity index (χ1v) is 6.34. The molecule has 2 fully saturated rings. The summed E-state index contributed by atoms with van der Waals surface area (Å²) in [6, 6.07) is 0.399. The van der Waals surface area contributed by atoms with Crippen LogP contribution in [-0.4, -0.2) is 47.7 Å². The number of morpholine rings is 1.